The summed E-state index contributed by atoms with van der Waals surface area (Å²) in [7, 11) is 1.69. The fraction of sp³-hybridized carbons (Fsp3) is 0.400. The molecule has 0 aliphatic carbocycles. The van der Waals surface area contributed by atoms with Crippen LogP contribution in [0.3, 0.4) is 0 Å². The molecule has 0 radical (unpaired) electrons. The maximum absolute atomic E-state index is 5.28. The monoisotopic (exact) mass is 242 g/mol. The van der Waals surface area contributed by atoms with Crippen LogP contribution < -0.4 is 4.74 Å². The fourth-order valence-corrected chi connectivity index (χ4v) is 2.10. The molecule has 0 bridgehead atoms. The van der Waals surface area contributed by atoms with Crippen molar-refractivity contribution in [2.75, 3.05) is 20.3 Å². The van der Waals surface area contributed by atoms with E-state index in [1.54, 1.807) is 7.11 Å². The molecule has 0 atom stereocenters. The molecule has 1 aromatic carbocycles. The van der Waals surface area contributed by atoms with Crippen molar-refractivity contribution < 1.29 is 9.47 Å². The van der Waals surface area contributed by atoms with Gasteiger partial charge in [-0.25, -0.2) is 0 Å². The van der Waals surface area contributed by atoms with Crippen molar-refractivity contribution in [3.63, 3.8) is 0 Å². The third-order valence-electron chi connectivity index (χ3n) is 2.25. The Hall–Kier alpha value is -0.540. The first-order valence-electron chi connectivity index (χ1n) is 4.16. The van der Waals surface area contributed by atoms with Gasteiger partial charge in [-0.15, -0.1) is 0 Å². The second kappa shape index (κ2) is 3.31. The Kier molecular flexibility index (Phi) is 2.30. The van der Waals surface area contributed by atoms with E-state index < -0.39 is 0 Å². The summed E-state index contributed by atoms with van der Waals surface area (Å²) >= 11 is 3.66. The van der Waals surface area contributed by atoms with Crippen LogP contribution in [0.5, 0.6) is 5.75 Å². The van der Waals surface area contributed by atoms with E-state index in [0.29, 0.717) is 13.2 Å². The molecule has 2 rings (SSSR count). The van der Waals surface area contributed by atoms with Crippen molar-refractivity contribution in [1.29, 1.82) is 0 Å². The lowest BCUT2D eigenvalue weighted by molar-refractivity contribution is -0.00788. The van der Waals surface area contributed by atoms with Gasteiger partial charge in [0.05, 0.1) is 20.3 Å². The number of benzene rings is 1. The largest absolute Gasteiger partial charge is 0.496 e. The van der Waals surface area contributed by atoms with Crippen LogP contribution in [0.25, 0.3) is 0 Å². The van der Waals surface area contributed by atoms with Crippen molar-refractivity contribution in [2.45, 2.75) is 4.32 Å². The predicted octanol–water partition coefficient (Wildman–Crippen LogP) is 2.32. The Balaban J connectivity index is 2.38. The van der Waals surface area contributed by atoms with Crippen LogP contribution in [-0.2, 0) is 9.06 Å². The van der Waals surface area contributed by atoms with Gasteiger partial charge in [0, 0.05) is 5.56 Å². The summed E-state index contributed by atoms with van der Waals surface area (Å²) in [6, 6.07) is 8.02. The van der Waals surface area contributed by atoms with E-state index >= 15 is 0 Å². The maximum Gasteiger partial charge on any atom is 0.123 e. The highest BCUT2D eigenvalue weighted by atomic mass is 79.9. The van der Waals surface area contributed by atoms with E-state index in [1.807, 2.05) is 18.2 Å². The zero-order chi connectivity index (χ0) is 9.31. The van der Waals surface area contributed by atoms with Crippen molar-refractivity contribution >= 4 is 15.9 Å². The topological polar surface area (TPSA) is 18.5 Å². The summed E-state index contributed by atoms with van der Waals surface area (Å²) in [5, 5.41) is 0. The molecule has 0 unspecified atom stereocenters. The molecule has 0 spiro atoms. The normalized spacial score (nSPS) is 19.2. The maximum atomic E-state index is 5.28. The Labute approximate surface area is 86.0 Å². The molecule has 0 N–H and O–H groups in total. The molecule has 70 valence electrons. The average Bonchev–Trinajstić information content (AvgIpc) is 2.14. The summed E-state index contributed by atoms with van der Waals surface area (Å²) in [4.78, 5) is 0. The van der Waals surface area contributed by atoms with Gasteiger partial charge in [-0.2, -0.15) is 0 Å². The molecule has 1 heterocycles. The zero-order valence-electron chi connectivity index (χ0n) is 7.42. The molecular weight excluding hydrogens is 232 g/mol. The second-order valence-corrected chi connectivity index (χ2v) is 4.68. The Morgan fingerprint density at radius 2 is 2.08 bits per heavy atom. The first kappa shape index (κ1) is 9.03. The molecule has 1 aliphatic rings. The van der Waals surface area contributed by atoms with Crippen LogP contribution in [0.2, 0.25) is 0 Å². The van der Waals surface area contributed by atoms with Gasteiger partial charge in [-0.3, -0.25) is 0 Å². The van der Waals surface area contributed by atoms with Gasteiger partial charge >= 0.3 is 0 Å². The van der Waals surface area contributed by atoms with Crippen LogP contribution in [-0.4, -0.2) is 20.3 Å². The van der Waals surface area contributed by atoms with Gasteiger partial charge in [0.25, 0.3) is 0 Å². The Morgan fingerprint density at radius 3 is 2.62 bits per heavy atom. The summed E-state index contributed by atoms with van der Waals surface area (Å²) in [5.41, 5.74) is 1.17. The number of halogens is 1. The van der Waals surface area contributed by atoms with E-state index in [9.17, 15) is 0 Å². The molecular formula is C10H11BrO2. The molecule has 13 heavy (non-hydrogen) atoms. The third-order valence-corrected chi connectivity index (χ3v) is 3.14. The summed E-state index contributed by atoms with van der Waals surface area (Å²) < 4.78 is 10.4. The van der Waals surface area contributed by atoms with Gasteiger partial charge in [-0.1, -0.05) is 34.1 Å². The van der Waals surface area contributed by atoms with E-state index in [-0.39, 0.29) is 4.32 Å². The quantitative estimate of drug-likeness (QED) is 0.742. The number of hydrogen-bond acceptors (Lipinski definition) is 2. The van der Waals surface area contributed by atoms with Crippen LogP contribution in [0, 0.1) is 0 Å². The number of alkyl halides is 1. The lowest BCUT2D eigenvalue weighted by atomic mass is 9.96. The molecule has 1 aromatic rings. The van der Waals surface area contributed by atoms with Crippen molar-refractivity contribution in [3.8, 4) is 5.75 Å². The molecule has 1 fully saturated rings. The standard InChI is InChI=1S/C10H11BrO2/c1-12-9-5-3-2-4-8(9)10(11)6-13-7-10/h2-5H,6-7H2,1H3. The van der Waals surface area contributed by atoms with Gasteiger partial charge in [-0.05, 0) is 6.07 Å². The number of rotatable bonds is 2. The minimum atomic E-state index is -0.0282. The molecule has 0 amide bonds. The number of para-hydroxylation sites is 1. The van der Waals surface area contributed by atoms with Crippen LogP contribution >= 0.6 is 15.9 Å². The highest BCUT2D eigenvalue weighted by Gasteiger charge is 2.39. The van der Waals surface area contributed by atoms with E-state index in [2.05, 4.69) is 22.0 Å². The van der Waals surface area contributed by atoms with Gasteiger partial charge in [0.15, 0.2) is 0 Å². The average molecular weight is 243 g/mol. The fourth-order valence-electron chi connectivity index (χ4n) is 1.45. The van der Waals surface area contributed by atoms with Crippen molar-refractivity contribution in [1.82, 2.24) is 0 Å². The lowest BCUT2D eigenvalue weighted by Crippen LogP contribution is -2.41. The van der Waals surface area contributed by atoms with Crippen LogP contribution in [0.1, 0.15) is 5.56 Å². The SMILES string of the molecule is COc1ccccc1C1(Br)COC1. The predicted molar refractivity (Wildman–Crippen MR) is 54.4 cm³/mol. The number of hydrogen-bond donors (Lipinski definition) is 0. The molecule has 2 nitrogen and oxygen atoms in total. The first-order chi connectivity index (χ1) is 6.26. The summed E-state index contributed by atoms with van der Waals surface area (Å²) in [6.45, 7) is 1.43. The first-order valence-corrected chi connectivity index (χ1v) is 4.96. The van der Waals surface area contributed by atoms with Gasteiger partial charge < -0.3 is 9.47 Å². The molecule has 0 saturated carbocycles. The summed E-state index contributed by atoms with van der Waals surface area (Å²) in [5.74, 6) is 0.919. The van der Waals surface area contributed by atoms with E-state index in [4.69, 9.17) is 9.47 Å². The highest BCUT2D eigenvalue weighted by Crippen LogP contribution is 2.42. The van der Waals surface area contributed by atoms with Crippen molar-refractivity contribution in [3.05, 3.63) is 29.8 Å². The molecule has 1 saturated heterocycles. The smallest absolute Gasteiger partial charge is 0.123 e. The van der Waals surface area contributed by atoms with Crippen molar-refractivity contribution in [2.24, 2.45) is 0 Å². The molecule has 3 heteroatoms. The summed E-state index contributed by atoms with van der Waals surface area (Å²) in [6.07, 6.45) is 0. The third kappa shape index (κ3) is 1.46. The minimum Gasteiger partial charge on any atom is -0.496 e. The van der Waals surface area contributed by atoms with Gasteiger partial charge in [0.1, 0.15) is 10.1 Å². The second-order valence-electron chi connectivity index (χ2n) is 3.16. The molecule has 1 aliphatic heterocycles. The minimum absolute atomic E-state index is 0.0282. The van der Waals surface area contributed by atoms with Gasteiger partial charge in [0.2, 0.25) is 0 Å². The lowest BCUT2D eigenvalue weighted by Gasteiger charge is -2.37. The Morgan fingerprint density at radius 1 is 1.38 bits per heavy atom. The number of ether oxygens (including phenoxy) is 2. The van der Waals surface area contributed by atoms with Crippen LogP contribution in [0.4, 0.5) is 0 Å². The van der Waals surface area contributed by atoms with Crippen LogP contribution in [0.15, 0.2) is 24.3 Å². The van der Waals surface area contributed by atoms with E-state index in [1.165, 1.54) is 5.56 Å². The Bertz CT molecular complexity index is 308. The van der Waals surface area contributed by atoms with E-state index in [0.717, 1.165) is 5.75 Å². The number of methoxy groups -OCH3 is 1. The zero-order valence-corrected chi connectivity index (χ0v) is 9.00. The highest BCUT2D eigenvalue weighted by molar-refractivity contribution is 9.09. The molecule has 0 aromatic heterocycles.